The van der Waals surface area contributed by atoms with Crippen molar-refractivity contribution in [3.05, 3.63) is 27.7 Å². The van der Waals surface area contributed by atoms with E-state index >= 15 is 0 Å². The molecule has 1 aromatic rings. The molecule has 7 nitrogen and oxygen atoms in total. The van der Waals surface area contributed by atoms with Gasteiger partial charge in [-0.25, -0.2) is 0 Å². The minimum absolute atomic E-state index is 0.0234. The SMILES string of the molecule is Cc1cc(NC(=O)COC(=O)CCN2C(=O)[C@@H]3[C@H]4CC[C@@H](C4)[C@H]3C2=O)c(C)cc1Br. The Morgan fingerprint density at radius 3 is 2.37 bits per heavy atom. The predicted octanol–water partition coefficient (Wildman–Crippen LogP) is 2.97. The molecule has 1 aromatic carbocycles. The second kappa shape index (κ2) is 8.13. The minimum atomic E-state index is -0.602. The number of benzene rings is 1. The zero-order chi connectivity index (χ0) is 21.6. The van der Waals surface area contributed by atoms with Crippen molar-refractivity contribution in [2.75, 3.05) is 18.5 Å². The summed E-state index contributed by atoms with van der Waals surface area (Å²) in [5.41, 5.74) is 2.52. The zero-order valence-corrected chi connectivity index (χ0v) is 18.7. The molecule has 3 aliphatic rings. The lowest BCUT2D eigenvalue weighted by Gasteiger charge is -2.19. The number of nitrogens with one attached hydrogen (secondary N) is 1. The largest absolute Gasteiger partial charge is 0.456 e. The van der Waals surface area contributed by atoms with Crippen molar-refractivity contribution < 1.29 is 23.9 Å². The summed E-state index contributed by atoms with van der Waals surface area (Å²) in [6, 6.07) is 3.75. The van der Waals surface area contributed by atoms with Gasteiger partial charge in [0.15, 0.2) is 6.61 Å². The summed E-state index contributed by atoms with van der Waals surface area (Å²) >= 11 is 3.44. The molecule has 0 aromatic heterocycles. The first-order chi connectivity index (χ1) is 14.3. The number of ether oxygens (including phenoxy) is 1. The molecule has 4 atom stereocenters. The van der Waals surface area contributed by atoms with Gasteiger partial charge in [0.2, 0.25) is 11.8 Å². The van der Waals surface area contributed by atoms with Crippen LogP contribution in [0.1, 0.15) is 36.8 Å². The maximum absolute atomic E-state index is 12.6. The predicted molar refractivity (Wildman–Crippen MR) is 112 cm³/mol. The number of esters is 1. The second-order valence-electron chi connectivity index (χ2n) is 8.59. The molecule has 0 spiro atoms. The summed E-state index contributed by atoms with van der Waals surface area (Å²) in [7, 11) is 0. The molecule has 30 heavy (non-hydrogen) atoms. The molecule has 3 fully saturated rings. The molecule has 2 saturated carbocycles. The van der Waals surface area contributed by atoms with E-state index in [0.29, 0.717) is 17.5 Å². The first-order valence-corrected chi connectivity index (χ1v) is 11.1. The number of imide groups is 1. The molecule has 1 saturated heterocycles. The highest BCUT2D eigenvalue weighted by atomic mass is 79.9. The van der Waals surface area contributed by atoms with Gasteiger partial charge in [0.05, 0.1) is 18.3 Å². The van der Waals surface area contributed by atoms with E-state index in [4.69, 9.17) is 4.74 Å². The van der Waals surface area contributed by atoms with E-state index in [9.17, 15) is 19.2 Å². The second-order valence-corrected chi connectivity index (χ2v) is 9.44. The Morgan fingerprint density at radius 2 is 1.73 bits per heavy atom. The number of halogens is 1. The molecule has 2 bridgehead atoms. The Bertz CT molecular complexity index is 902. The van der Waals surface area contributed by atoms with Gasteiger partial charge in [0, 0.05) is 16.7 Å². The lowest BCUT2D eigenvalue weighted by atomic mass is 9.81. The number of anilines is 1. The number of nitrogens with zero attached hydrogens (tertiary/aromatic N) is 1. The number of likely N-dealkylation sites (tertiary alicyclic amines) is 1. The van der Waals surface area contributed by atoms with Gasteiger partial charge in [0.1, 0.15) is 0 Å². The van der Waals surface area contributed by atoms with Crippen LogP contribution >= 0.6 is 15.9 Å². The Morgan fingerprint density at radius 1 is 1.10 bits per heavy atom. The number of amides is 3. The quantitative estimate of drug-likeness (QED) is 0.503. The van der Waals surface area contributed by atoms with E-state index < -0.39 is 18.5 Å². The van der Waals surface area contributed by atoms with Crippen molar-refractivity contribution in [1.29, 1.82) is 0 Å². The average Bonchev–Trinajstić information content (AvgIpc) is 3.37. The highest BCUT2D eigenvalue weighted by Crippen LogP contribution is 2.56. The number of hydrogen-bond donors (Lipinski definition) is 1. The fourth-order valence-corrected chi connectivity index (χ4v) is 5.67. The molecule has 160 valence electrons. The maximum atomic E-state index is 12.6. The van der Waals surface area contributed by atoms with Crippen LogP contribution in [0.3, 0.4) is 0 Å². The molecule has 0 unspecified atom stereocenters. The van der Waals surface area contributed by atoms with Gasteiger partial charge in [-0.1, -0.05) is 15.9 Å². The Balaban J connectivity index is 1.25. The molecule has 0 radical (unpaired) electrons. The molecule has 1 aliphatic heterocycles. The molecule has 1 heterocycles. The third-order valence-electron chi connectivity index (χ3n) is 6.70. The highest BCUT2D eigenvalue weighted by molar-refractivity contribution is 9.10. The first kappa shape index (κ1) is 21.0. The summed E-state index contributed by atoms with van der Waals surface area (Å²) in [5, 5.41) is 2.73. The van der Waals surface area contributed by atoms with Crippen LogP contribution in [-0.2, 0) is 23.9 Å². The Hall–Kier alpha value is -2.22. The van der Waals surface area contributed by atoms with E-state index in [-0.39, 0.29) is 36.6 Å². The number of hydrogen-bond acceptors (Lipinski definition) is 5. The Labute approximate surface area is 183 Å². The van der Waals surface area contributed by atoms with Gasteiger partial charge in [-0.2, -0.15) is 0 Å². The standard InChI is InChI=1S/C22H25BrN2O5/c1-11-8-16(12(2)7-15(11)23)24-17(26)10-30-18(27)5-6-25-21(28)19-13-3-4-14(9-13)20(19)22(25)29/h7-8,13-14,19-20H,3-6,9-10H2,1-2H3,(H,24,26)/t13-,14-,19+,20+/m0/s1. The third-order valence-corrected chi connectivity index (χ3v) is 7.56. The van der Waals surface area contributed by atoms with Crippen LogP contribution in [0.5, 0.6) is 0 Å². The maximum Gasteiger partial charge on any atom is 0.308 e. The van der Waals surface area contributed by atoms with Crippen LogP contribution < -0.4 is 5.32 Å². The average molecular weight is 477 g/mol. The van der Waals surface area contributed by atoms with Crippen LogP contribution in [0.25, 0.3) is 0 Å². The smallest absolute Gasteiger partial charge is 0.308 e. The van der Waals surface area contributed by atoms with E-state index in [0.717, 1.165) is 34.9 Å². The van der Waals surface area contributed by atoms with Crippen LogP contribution in [0, 0.1) is 37.5 Å². The minimum Gasteiger partial charge on any atom is -0.456 e. The van der Waals surface area contributed by atoms with Crippen LogP contribution in [0.2, 0.25) is 0 Å². The molecule has 4 rings (SSSR count). The van der Waals surface area contributed by atoms with Gasteiger partial charge < -0.3 is 10.1 Å². The highest BCUT2D eigenvalue weighted by Gasteiger charge is 2.60. The zero-order valence-electron chi connectivity index (χ0n) is 17.1. The summed E-state index contributed by atoms with van der Waals surface area (Å²) in [4.78, 5) is 50.7. The van der Waals surface area contributed by atoms with Crippen molar-refractivity contribution >= 4 is 45.3 Å². The summed E-state index contributed by atoms with van der Waals surface area (Å²) in [6.45, 7) is 3.40. The number of carbonyl (C=O) groups is 4. The van der Waals surface area contributed by atoms with Gasteiger partial charge >= 0.3 is 5.97 Å². The van der Waals surface area contributed by atoms with Crippen LogP contribution in [0.15, 0.2) is 16.6 Å². The first-order valence-electron chi connectivity index (χ1n) is 10.3. The monoisotopic (exact) mass is 476 g/mol. The molecular formula is C22H25BrN2O5. The molecule has 3 amide bonds. The van der Waals surface area contributed by atoms with E-state index in [1.54, 1.807) is 0 Å². The van der Waals surface area contributed by atoms with Crippen molar-refractivity contribution in [1.82, 2.24) is 4.90 Å². The van der Waals surface area contributed by atoms with Crippen LogP contribution in [0.4, 0.5) is 5.69 Å². The van der Waals surface area contributed by atoms with Gasteiger partial charge in [-0.05, 0) is 68.2 Å². The number of fused-ring (bicyclic) bond motifs is 5. The van der Waals surface area contributed by atoms with Gasteiger partial charge in [-0.3, -0.25) is 24.1 Å². The Kier molecular flexibility index (Phi) is 5.70. The van der Waals surface area contributed by atoms with Gasteiger partial charge in [0.25, 0.3) is 5.91 Å². The molecule has 1 N–H and O–H groups in total. The molecule has 8 heteroatoms. The van der Waals surface area contributed by atoms with E-state index in [2.05, 4.69) is 21.2 Å². The lowest BCUT2D eigenvalue weighted by molar-refractivity contribution is -0.149. The summed E-state index contributed by atoms with van der Waals surface area (Å²) < 4.78 is 5.99. The normalized spacial score (nSPS) is 26.8. The number of carbonyl (C=O) groups excluding carboxylic acids is 4. The number of aryl methyl sites for hydroxylation is 2. The number of rotatable bonds is 6. The van der Waals surface area contributed by atoms with Crippen molar-refractivity contribution in [2.45, 2.75) is 39.5 Å². The summed E-state index contributed by atoms with van der Waals surface area (Å²) in [5.74, 6) is -1.04. The van der Waals surface area contributed by atoms with Crippen molar-refractivity contribution in [2.24, 2.45) is 23.7 Å². The fraction of sp³-hybridized carbons (Fsp3) is 0.545. The third kappa shape index (κ3) is 3.77. The van der Waals surface area contributed by atoms with Gasteiger partial charge in [-0.15, -0.1) is 0 Å². The fourth-order valence-electron chi connectivity index (χ4n) is 5.21. The van der Waals surface area contributed by atoms with E-state index in [1.807, 2.05) is 26.0 Å². The topological polar surface area (TPSA) is 92.8 Å². The lowest BCUT2D eigenvalue weighted by Crippen LogP contribution is -2.35. The van der Waals surface area contributed by atoms with E-state index in [1.165, 1.54) is 4.90 Å². The summed E-state index contributed by atoms with van der Waals surface area (Å²) in [6.07, 6.45) is 2.92. The van der Waals surface area contributed by atoms with Crippen LogP contribution in [-0.4, -0.2) is 41.7 Å². The molecule has 2 aliphatic carbocycles. The van der Waals surface area contributed by atoms with Crippen molar-refractivity contribution in [3.8, 4) is 0 Å². The molecular weight excluding hydrogens is 452 g/mol. The van der Waals surface area contributed by atoms with Crippen molar-refractivity contribution in [3.63, 3.8) is 0 Å².